The Morgan fingerprint density at radius 2 is 1.74 bits per heavy atom. The molecule has 168 valence electrons. The summed E-state index contributed by atoms with van der Waals surface area (Å²) in [5.74, 6) is 0.125. The minimum absolute atomic E-state index is 0.173. The molecule has 7 nitrogen and oxygen atoms in total. The molecule has 0 unspecified atom stereocenters. The van der Waals surface area contributed by atoms with Gasteiger partial charge in [-0.25, -0.2) is 8.42 Å². The number of ether oxygens (including phenoxy) is 1. The highest BCUT2D eigenvalue weighted by Gasteiger charge is 2.25. The highest BCUT2D eigenvalue weighted by molar-refractivity contribution is 7.89. The van der Waals surface area contributed by atoms with Crippen molar-refractivity contribution in [1.29, 1.82) is 0 Å². The largest absolute Gasteiger partial charge is 0.496 e. The van der Waals surface area contributed by atoms with Crippen LogP contribution in [0.5, 0.6) is 5.75 Å². The fraction of sp³-hybridized carbons (Fsp3) is 0.435. The van der Waals surface area contributed by atoms with Crippen LogP contribution in [-0.2, 0) is 10.0 Å². The van der Waals surface area contributed by atoms with Crippen LogP contribution in [0.25, 0.3) is 0 Å². The smallest absolute Gasteiger partial charge is 0.259 e. The lowest BCUT2D eigenvalue weighted by Gasteiger charge is -2.31. The van der Waals surface area contributed by atoms with Gasteiger partial charge in [0.05, 0.1) is 28.9 Å². The first kappa shape index (κ1) is 23.1. The molecule has 0 aromatic heterocycles. The number of carbonyl (C=O) groups is 1. The Kier molecular flexibility index (Phi) is 7.56. The number of rotatable bonds is 8. The summed E-state index contributed by atoms with van der Waals surface area (Å²) in [6.07, 6.45) is 3.31. The molecule has 0 spiro atoms. The lowest BCUT2D eigenvalue weighted by atomic mass is 10.1. The number of para-hydroxylation sites is 1. The van der Waals surface area contributed by atoms with Gasteiger partial charge in [0.2, 0.25) is 10.0 Å². The van der Waals surface area contributed by atoms with Crippen molar-refractivity contribution in [2.75, 3.05) is 43.5 Å². The number of anilines is 2. The molecule has 0 bridgehead atoms. The summed E-state index contributed by atoms with van der Waals surface area (Å²) >= 11 is 0. The Hall–Kier alpha value is -2.58. The van der Waals surface area contributed by atoms with Gasteiger partial charge in [-0.3, -0.25) is 4.79 Å². The number of benzene rings is 2. The number of piperidine rings is 1. The minimum Gasteiger partial charge on any atom is -0.496 e. The normalized spacial score (nSPS) is 14.5. The van der Waals surface area contributed by atoms with E-state index in [0.29, 0.717) is 30.1 Å². The average Bonchev–Trinajstić information content (AvgIpc) is 2.80. The van der Waals surface area contributed by atoms with Gasteiger partial charge < -0.3 is 15.0 Å². The van der Waals surface area contributed by atoms with Gasteiger partial charge in [-0.1, -0.05) is 26.0 Å². The molecule has 1 aliphatic heterocycles. The predicted molar refractivity (Wildman–Crippen MR) is 124 cm³/mol. The minimum atomic E-state index is -3.65. The van der Waals surface area contributed by atoms with Crippen molar-refractivity contribution < 1.29 is 17.9 Å². The molecule has 0 aliphatic carbocycles. The molecule has 0 radical (unpaired) electrons. The second-order valence-corrected chi connectivity index (χ2v) is 9.41. The summed E-state index contributed by atoms with van der Waals surface area (Å²) in [5.41, 5.74) is 1.72. The Labute approximate surface area is 185 Å². The van der Waals surface area contributed by atoms with E-state index in [-0.39, 0.29) is 10.8 Å². The lowest BCUT2D eigenvalue weighted by molar-refractivity contribution is 0.102. The van der Waals surface area contributed by atoms with Crippen LogP contribution in [0.1, 0.15) is 43.5 Å². The van der Waals surface area contributed by atoms with Gasteiger partial charge in [0.1, 0.15) is 5.75 Å². The van der Waals surface area contributed by atoms with Gasteiger partial charge in [0, 0.05) is 26.2 Å². The summed E-state index contributed by atoms with van der Waals surface area (Å²) in [4.78, 5) is 15.4. The Bertz CT molecular complexity index is 1010. The molecule has 31 heavy (non-hydrogen) atoms. The van der Waals surface area contributed by atoms with Gasteiger partial charge in [-0.2, -0.15) is 4.31 Å². The molecular weight excluding hydrogens is 414 g/mol. The molecule has 2 aromatic carbocycles. The number of hydrogen-bond acceptors (Lipinski definition) is 5. The van der Waals surface area contributed by atoms with E-state index in [0.717, 1.165) is 31.6 Å². The fourth-order valence-electron chi connectivity index (χ4n) is 3.92. The standard InChI is InChI=1S/C23H31N3O4S/c1-4-26(5-2)31(28,29)18-13-14-21(25-15-9-6-10-16-25)20(17-18)24-23(27)19-11-7-8-12-22(19)30-3/h7-8,11-14,17H,4-6,9-10,15-16H2,1-3H3,(H,24,27). The fourth-order valence-corrected chi connectivity index (χ4v) is 5.41. The quantitative estimate of drug-likeness (QED) is 0.665. The van der Waals surface area contributed by atoms with Crippen molar-refractivity contribution in [3.8, 4) is 5.75 Å². The van der Waals surface area contributed by atoms with Crippen LogP contribution >= 0.6 is 0 Å². The van der Waals surface area contributed by atoms with Gasteiger partial charge in [0.15, 0.2) is 0 Å². The highest BCUT2D eigenvalue weighted by atomic mass is 32.2. The third-order valence-corrected chi connectivity index (χ3v) is 7.65. The van der Waals surface area contributed by atoms with Crippen molar-refractivity contribution >= 4 is 27.3 Å². The van der Waals surface area contributed by atoms with Crippen molar-refractivity contribution in [3.63, 3.8) is 0 Å². The topological polar surface area (TPSA) is 79.0 Å². The van der Waals surface area contributed by atoms with E-state index >= 15 is 0 Å². The molecule has 1 aliphatic rings. The lowest BCUT2D eigenvalue weighted by Crippen LogP contribution is -2.32. The Morgan fingerprint density at radius 1 is 1.06 bits per heavy atom. The van der Waals surface area contributed by atoms with E-state index in [4.69, 9.17) is 4.74 Å². The van der Waals surface area contributed by atoms with Crippen LogP contribution in [-0.4, -0.2) is 51.9 Å². The van der Waals surface area contributed by atoms with Gasteiger partial charge in [-0.05, 0) is 49.6 Å². The Morgan fingerprint density at radius 3 is 2.39 bits per heavy atom. The number of nitrogens with zero attached hydrogens (tertiary/aromatic N) is 2. The summed E-state index contributed by atoms with van der Waals surface area (Å²) in [6, 6.07) is 12.0. The number of methoxy groups -OCH3 is 1. The molecule has 1 amide bonds. The van der Waals surface area contributed by atoms with Gasteiger partial charge in [-0.15, -0.1) is 0 Å². The SMILES string of the molecule is CCN(CC)S(=O)(=O)c1ccc(N2CCCCC2)c(NC(=O)c2ccccc2OC)c1. The van der Waals surface area contributed by atoms with Crippen LogP contribution in [0.4, 0.5) is 11.4 Å². The first-order valence-electron chi connectivity index (χ1n) is 10.8. The zero-order valence-electron chi connectivity index (χ0n) is 18.4. The summed E-state index contributed by atoms with van der Waals surface area (Å²) in [7, 11) is -2.13. The maximum atomic E-state index is 13.1. The van der Waals surface area contributed by atoms with E-state index in [9.17, 15) is 13.2 Å². The van der Waals surface area contributed by atoms with Crippen LogP contribution in [0.2, 0.25) is 0 Å². The van der Waals surface area contributed by atoms with Crippen LogP contribution in [0.15, 0.2) is 47.4 Å². The van der Waals surface area contributed by atoms with Crippen LogP contribution in [0, 0.1) is 0 Å². The molecular formula is C23H31N3O4S. The molecule has 1 saturated heterocycles. The first-order chi connectivity index (χ1) is 14.9. The molecule has 1 fully saturated rings. The van der Waals surface area contributed by atoms with E-state index in [2.05, 4.69) is 10.2 Å². The summed E-state index contributed by atoms with van der Waals surface area (Å²) in [5, 5.41) is 2.94. The third-order valence-electron chi connectivity index (χ3n) is 5.61. The van der Waals surface area contributed by atoms with Crippen molar-refractivity contribution in [2.24, 2.45) is 0 Å². The van der Waals surface area contributed by atoms with E-state index in [1.807, 2.05) is 13.8 Å². The average molecular weight is 446 g/mol. The molecule has 1 heterocycles. The molecule has 0 atom stereocenters. The van der Waals surface area contributed by atoms with Crippen molar-refractivity contribution in [1.82, 2.24) is 4.31 Å². The van der Waals surface area contributed by atoms with Crippen LogP contribution in [0.3, 0.4) is 0 Å². The van der Waals surface area contributed by atoms with Gasteiger partial charge >= 0.3 is 0 Å². The zero-order chi connectivity index (χ0) is 22.4. The monoisotopic (exact) mass is 445 g/mol. The van der Waals surface area contributed by atoms with Crippen molar-refractivity contribution in [3.05, 3.63) is 48.0 Å². The predicted octanol–water partition coefficient (Wildman–Crippen LogP) is 3.97. The van der Waals surface area contributed by atoms with Gasteiger partial charge in [0.25, 0.3) is 5.91 Å². The molecule has 0 saturated carbocycles. The zero-order valence-corrected chi connectivity index (χ0v) is 19.2. The number of amides is 1. The van der Waals surface area contributed by atoms with E-state index < -0.39 is 10.0 Å². The van der Waals surface area contributed by atoms with Crippen molar-refractivity contribution in [2.45, 2.75) is 38.0 Å². The number of carbonyl (C=O) groups excluding carboxylic acids is 1. The molecule has 1 N–H and O–H groups in total. The highest BCUT2D eigenvalue weighted by Crippen LogP contribution is 2.33. The van der Waals surface area contributed by atoms with Crippen LogP contribution < -0.4 is 15.0 Å². The number of sulfonamides is 1. The van der Waals surface area contributed by atoms with E-state index in [1.54, 1.807) is 42.5 Å². The summed E-state index contributed by atoms with van der Waals surface area (Å²) in [6.45, 7) is 6.14. The number of nitrogens with one attached hydrogen (secondary N) is 1. The maximum Gasteiger partial charge on any atom is 0.259 e. The number of hydrogen-bond donors (Lipinski definition) is 1. The second-order valence-electron chi connectivity index (χ2n) is 7.47. The molecule has 2 aromatic rings. The third kappa shape index (κ3) is 5.02. The first-order valence-corrected chi connectivity index (χ1v) is 12.2. The maximum absolute atomic E-state index is 13.1. The molecule has 3 rings (SSSR count). The second kappa shape index (κ2) is 10.2. The molecule has 8 heteroatoms. The summed E-state index contributed by atoms with van der Waals surface area (Å²) < 4.78 is 32.9. The van der Waals surface area contributed by atoms with E-state index in [1.165, 1.54) is 17.8 Å². The Balaban J connectivity index is 2.03.